The third-order valence-electron chi connectivity index (χ3n) is 3.87. The van der Waals surface area contributed by atoms with Gasteiger partial charge in [0.15, 0.2) is 0 Å². The van der Waals surface area contributed by atoms with E-state index in [1.54, 1.807) is 11.3 Å². The van der Waals surface area contributed by atoms with Crippen LogP contribution in [0.2, 0.25) is 0 Å². The van der Waals surface area contributed by atoms with Gasteiger partial charge < -0.3 is 11.1 Å². The molecule has 3 N–H and O–H groups in total. The van der Waals surface area contributed by atoms with Crippen LogP contribution < -0.4 is 11.1 Å². The van der Waals surface area contributed by atoms with Gasteiger partial charge in [-0.1, -0.05) is 6.92 Å². The second-order valence-electron chi connectivity index (χ2n) is 5.30. The van der Waals surface area contributed by atoms with Gasteiger partial charge >= 0.3 is 0 Å². The summed E-state index contributed by atoms with van der Waals surface area (Å²) >= 11 is 1.75. The van der Waals surface area contributed by atoms with Crippen molar-refractivity contribution in [3.8, 4) is 0 Å². The van der Waals surface area contributed by atoms with Gasteiger partial charge in [-0.2, -0.15) is 0 Å². The normalized spacial score (nSPS) is 18.0. The molecular weight excluding hydrogens is 244 g/mol. The number of nitrogens with two attached hydrogens (primary N) is 1. The minimum absolute atomic E-state index is 0.0340. The highest BCUT2D eigenvalue weighted by Gasteiger charge is 2.22. The van der Waals surface area contributed by atoms with Crippen LogP contribution >= 0.6 is 11.3 Å². The van der Waals surface area contributed by atoms with E-state index in [0.717, 1.165) is 11.4 Å². The van der Waals surface area contributed by atoms with Crippen LogP contribution in [0.1, 0.15) is 42.7 Å². The molecule has 2 atom stereocenters. The van der Waals surface area contributed by atoms with Crippen molar-refractivity contribution in [1.82, 2.24) is 0 Å². The predicted molar refractivity (Wildman–Crippen MR) is 77.1 cm³/mol. The molecule has 1 heterocycles. The summed E-state index contributed by atoms with van der Waals surface area (Å²) in [5.74, 6) is -0.116. The topological polar surface area (TPSA) is 55.1 Å². The van der Waals surface area contributed by atoms with Crippen molar-refractivity contribution in [3.05, 3.63) is 16.0 Å². The number of hydrogen-bond donors (Lipinski definition) is 2. The number of fused-ring (bicyclic) bond motifs is 1. The van der Waals surface area contributed by atoms with Gasteiger partial charge in [-0.05, 0) is 50.7 Å². The summed E-state index contributed by atoms with van der Waals surface area (Å²) in [7, 11) is 0. The fourth-order valence-corrected chi connectivity index (χ4v) is 3.61. The van der Waals surface area contributed by atoms with E-state index in [4.69, 9.17) is 5.73 Å². The third-order valence-corrected chi connectivity index (χ3v) is 5.18. The molecule has 0 saturated carbocycles. The van der Waals surface area contributed by atoms with Crippen molar-refractivity contribution in [3.63, 3.8) is 0 Å². The van der Waals surface area contributed by atoms with Crippen LogP contribution in [0, 0.1) is 12.8 Å². The first-order valence-electron chi connectivity index (χ1n) is 6.68. The molecule has 0 fully saturated rings. The Labute approximate surface area is 113 Å². The minimum Gasteiger partial charge on any atom is -0.327 e. The third kappa shape index (κ3) is 2.59. The highest BCUT2D eigenvalue weighted by atomic mass is 32.1. The molecule has 100 valence electrons. The first kappa shape index (κ1) is 13.6. The average Bonchev–Trinajstić information content (AvgIpc) is 2.66. The Kier molecular flexibility index (Phi) is 4.07. The van der Waals surface area contributed by atoms with Gasteiger partial charge in [-0.15, -0.1) is 11.3 Å². The Hall–Kier alpha value is -0.870. The van der Waals surface area contributed by atoms with Crippen molar-refractivity contribution in [2.24, 2.45) is 11.7 Å². The SMILES string of the molecule is Cc1c(NC(=O)C(C)C(C)N)sc2c1CCCC2. The number of anilines is 1. The van der Waals surface area contributed by atoms with Crippen molar-refractivity contribution in [1.29, 1.82) is 0 Å². The molecule has 0 aliphatic heterocycles. The van der Waals surface area contributed by atoms with Gasteiger partial charge in [-0.3, -0.25) is 4.79 Å². The lowest BCUT2D eigenvalue weighted by molar-refractivity contribution is -0.119. The van der Waals surface area contributed by atoms with E-state index in [-0.39, 0.29) is 17.9 Å². The number of hydrogen-bond acceptors (Lipinski definition) is 3. The number of amides is 1. The van der Waals surface area contributed by atoms with Gasteiger partial charge in [0.1, 0.15) is 0 Å². The van der Waals surface area contributed by atoms with E-state index in [0.29, 0.717) is 0 Å². The average molecular weight is 266 g/mol. The van der Waals surface area contributed by atoms with Crippen LogP contribution in [-0.2, 0) is 17.6 Å². The van der Waals surface area contributed by atoms with Gasteiger partial charge in [0.25, 0.3) is 0 Å². The maximum absolute atomic E-state index is 12.0. The van der Waals surface area contributed by atoms with Gasteiger partial charge in [0.2, 0.25) is 5.91 Å². The lowest BCUT2D eigenvalue weighted by Gasteiger charge is -2.15. The van der Waals surface area contributed by atoms with E-state index >= 15 is 0 Å². The van der Waals surface area contributed by atoms with Crippen LogP contribution in [0.15, 0.2) is 0 Å². The summed E-state index contributed by atoms with van der Waals surface area (Å²) < 4.78 is 0. The number of thiophene rings is 1. The number of aryl methyl sites for hydroxylation is 1. The fraction of sp³-hybridized carbons (Fsp3) is 0.643. The number of carbonyl (C=O) groups excluding carboxylic acids is 1. The van der Waals surface area contributed by atoms with Crippen LogP contribution in [0.4, 0.5) is 5.00 Å². The number of nitrogens with one attached hydrogen (secondary N) is 1. The lowest BCUT2D eigenvalue weighted by Crippen LogP contribution is -2.34. The van der Waals surface area contributed by atoms with Gasteiger partial charge in [-0.25, -0.2) is 0 Å². The van der Waals surface area contributed by atoms with Crippen LogP contribution in [0.25, 0.3) is 0 Å². The molecule has 0 radical (unpaired) electrons. The molecule has 0 saturated heterocycles. The summed E-state index contributed by atoms with van der Waals surface area (Å²) in [5.41, 5.74) is 8.50. The van der Waals surface area contributed by atoms with E-state index in [1.807, 2.05) is 13.8 Å². The lowest BCUT2D eigenvalue weighted by atomic mass is 9.96. The van der Waals surface area contributed by atoms with Crippen LogP contribution in [0.5, 0.6) is 0 Å². The molecule has 0 spiro atoms. The van der Waals surface area contributed by atoms with E-state index in [1.165, 1.54) is 35.3 Å². The number of carbonyl (C=O) groups is 1. The molecule has 1 aliphatic carbocycles. The maximum atomic E-state index is 12.0. The monoisotopic (exact) mass is 266 g/mol. The molecule has 2 unspecified atom stereocenters. The fourth-order valence-electron chi connectivity index (χ4n) is 2.31. The zero-order valence-electron chi connectivity index (χ0n) is 11.4. The Morgan fingerprint density at radius 3 is 2.61 bits per heavy atom. The van der Waals surface area contributed by atoms with Crippen LogP contribution in [-0.4, -0.2) is 11.9 Å². The second-order valence-corrected chi connectivity index (χ2v) is 6.41. The van der Waals surface area contributed by atoms with Gasteiger partial charge in [0, 0.05) is 10.9 Å². The molecule has 3 nitrogen and oxygen atoms in total. The van der Waals surface area contributed by atoms with E-state index in [2.05, 4.69) is 12.2 Å². The molecule has 4 heteroatoms. The smallest absolute Gasteiger partial charge is 0.229 e. The second kappa shape index (κ2) is 5.41. The molecule has 1 aromatic rings. The quantitative estimate of drug-likeness (QED) is 0.884. The first-order valence-corrected chi connectivity index (χ1v) is 7.50. The minimum atomic E-state index is -0.150. The van der Waals surface area contributed by atoms with Gasteiger partial charge in [0.05, 0.1) is 10.9 Å². The highest BCUT2D eigenvalue weighted by Crippen LogP contribution is 2.37. The molecule has 1 aliphatic rings. The zero-order chi connectivity index (χ0) is 13.3. The Morgan fingerprint density at radius 2 is 2.00 bits per heavy atom. The summed E-state index contributed by atoms with van der Waals surface area (Å²) in [5, 5.41) is 4.08. The zero-order valence-corrected chi connectivity index (χ0v) is 12.2. The van der Waals surface area contributed by atoms with E-state index in [9.17, 15) is 4.79 Å². The first-order chi connectivity index (χ1) is 8.50. The summed E-state index contributed by atoms with van der Waals surface area (Å²) in [4.78, 5) is 13.5. The molecule has 2 rings (SSSR count). The molecule has 18 heavy (non-hydrogen) atoms. The summed E-state index contributed by atoms with van der Waals surface area (Å²) in [6.45, 7) is 5.87. The molecular formula is C14H22N2OS. The molecule has 0 aromatic carbocycles. The van der Waals surface area contributed by atoms with Crippen molar-refractivity contribution in [2.45, 2.75) is 52.5 Å². The maximum Gasteiger partial charge on any atom is 0.229 e. The van der Waals surface area contributed by atoms with E-state index < -0.39 is 0 Å². The summed E-state index contributed by atoms with van der Waals surface area (Å²) in [6, 6.07) is -0.111. The van der Waals surface area contributed by atoms with Crippen molar-refractivity contribution >= 4 is 22.2 Å². The predicted octanol–water partition coefficient (Wildman–Crippen LogP) is 2.86. The van der Waals surface area contributed by atoms with Crippen molar-refractivity contribution < 1.29 is 4.79 Å². The largest absolute Gasteiger partial charge is 0.327 e. The Morgan fingerprint density at radius 1 is 1.33 bits per heavy atom. The highest BCUT2D eigenvalue weighted by molar-refractivity contribution is 7.16. The number of rotatable bonds is 3. The van der Waals surface area contributed by atoms with Crippen LogP contribution in [0.3, 0.4) is 0 Å². The standard InChI is InChI=1S/C14H22N2OS/c1-8(10(3)15)13(17)16-14-9(2)11-6-4-5-7-12(11)18-14/h8,10H,4-7,15H2,1-3H3,(H,16,17). The molecule has 0 bridgehead atoms. The molecule has 1 amide bonds. The Bertz CT molecular complexity index is 451. The van der Waals surface area contributed by atoms with Crippen molar-refractivity contribution in [2.75, 3.05) is 5.32 Å². The Balaban J connectivity index is 2.15. The summed E-state index contributed by atoms with van der Waals surface area (Å²) in [6.07, 6.45) is 4.88. The molecule has 1 aromatic heterocycles.